The molecule has 2 atom stereocenters. The van der Waals surface area contributed by atoms with Crippen molar-refractivity contribution >= 4 is 46.8 Å². The summed E-state index contributed by atoms with van der Waals surface area (Å²) in [6, 6.07) is 13.4. The first-order valence-corrected chi connectivity index (χ1v) is 12.3. The fourth-order valence-electron chi connectivity index (χ4n) is 4.23. The first-order valence-electron chi connectivity index (χ1n) is 11.0. The SMILES string of the molecule is CCOC(=O)C1=C(NC(=O)c2ccc(NC(=O)c3ccccc3Cl)cc2)S[C@H]2CCCC[C@@H]12. The second-order valence-corrected chi connectivity index (χ2v) is 9.63. The van der Waals surface area contributed by atoms with Crippen LogP contribution in [0.4, 0.5) is 5.69 Å². The molecular weight excluding hydrogens is 460 g/mol. The molecule has 0 radical (unpaired) electrons. The Labute approximate surface area is 202 Å². The second-order valence-electron chi connectivity index (χ2n) is 7.98. The summed E-state index contributed by atoms with van der Waals surface area (Å²) in [6.07, 6.45) is 4.17. The number of fused-ring (bicyclic) bond motifs is 1. The van der Waals surface area contributed by atoms with Crippen LogP contribution in [0.1, 0.15) is 53.3 Å². The molecule has 0 saturated heterocycles. The maximum Gasteiger partial charge on any atom is 0.336 e. The van der Waals surface area contributed by atoms with Gasteiger partial charge in [0.05, 0.1) is 27.8 Å². The molecule has 4 rings (SSSR count). The Bertz CT molecular complexity index is 1100. The Morgan fingerprint density at radius 1 is 1.00 bits per heavy atom. The number of amides is 2. The molecule has 2 amide bonds. The quantitative estimate of drug-likeness (QED) is 0.536. The van der Waals surface area contributed by atoms with Crippen LogP contribution in [0.15, 0.2) is 59.1 Å². The normalized spacial score (nSPS) is 19.6. The largest absolute Gasteiger partial charge is 0.463 e. The van der Waals surface area contributed by atoms with Gasteiger partial charge in [0.2, 0.25) is 0 Å². The van der Waals surface area contributed by atoms with Gasteiger partial charge < -0.3 is 15.4 Å². The smallest absolute Gasteiger partial charge is 0.336 e. The van der Waals surface area contributed by atoms with Gasteiger partial charge in [0.1, 0.15) is 0 Å². The van der Waals surface area contributed by atoms with Crippen molar-refractivity contribution in [2.24, 2.45) is 5.92 Å². The van der Waals surface area contributed by atoms with Crippen LogP contribution in [0.2, 0.25) is 5.02 Å². The lowest BCUT2D eigenvalue weighted by atomic mass is 9.84. The van der Waals surface area contributed by atoms with Gasteiger partial charge in [0.15, 0.2) is 0 Å². The van der Waals surface area contributed by atoms with E-state index in [0.717, 1.165) is 25.7 Å². The zero-order chi connectivity index (χ0) is 23.4. The summed E-state index contributed by atoms with van der Waals surface area (Å²) >= 11 is 7.65. The van der Waals surface area contributed by atoms with Crippen molar-refractivity contribution in [2.45, 2.75) is 37.9 Å². The van der Waals surface area contributed by atoms with Crippen LogP contribution in [-0.4, -0.2) is 29.6 Å². The summed E-state index contributed by atoms with van der Waals surface area (Å²) in [5.74, 6) is -0.846. The van der Waals surface area contributed by atoms with Crippen LogP contribution >= 0.6 is 23.4 Å². The van der Waals surface area contributed by atoms with E-state index in [4.69, 9.17) is 16.3 Å². The first kappa shape index (κ1) is 23.4. The monoisotopic (exact) mass is 484 g/mol. The van der Waals surface area contributed by atoms with Crippen LogP contribution < -0.4 is 10.6 Å². The molecular formula is C25H25ClN2O4S. The van der Waals surface area contributed by atoms with Crippen LogP contribution in [0.3, 0.4) is 0 Å². The third-order valence-corrected chi connectivity index (χ3v) is 7.59. The van der Waals surface area contributed by atoms with Crippen LogP contribution in [-0.2, 0) is 9.53 Å². The van der Waals surface area contributed by atoms with Crippen molar-refractivity contribution in [3.63, 3.8) is 0 Å². The molecule has 0 aromatic heterocycles. The first-order chi connectivity index (χ1) is 16.0. The summed E-state index contributed by atoms with van der Waals surface area (Å²) in [5, 5.41) is 6.98. The molecule has 2 aromatic carbocycles. The average molecular weight is 485 g/mol. The van der Waals surface area contributed by atoms with E-state index in [-0.39, 0.29) is 23.7 Å². The third kappa shape index (κ3) is 5.25. The number of esters is 1. The van der Waals surface area contributed by atoms with E-state index in [1.54, 1.807) is 67.2 Å². The molecule has 1 heterocycles. The van der Waals surface area contributed by atoms with Crippen molar-refractivity contribution in [3.8, 4) is 0 Å². The Morgan fingerprint density at radius 2 is 1.73 bits per heavy atom. The highest BCUT2D eigenvalue weighted by atomic mass is 35.5. The Hall–Kier alpha value is -2.77. The van der Waals surface area contributed by atoms with E-state index < -0.39 is 0 Å². The number of hydrogen-bond acceptors (Lipinski definition) is 5. The predicted octanol–water partition coefficient (Wildman–Crippen LogP) is 5.40. The van der Waals surface area contributed by atoms with Gasteiger partial charge in [-0.2, -0.15) is 0 Å². The lowest BCUT2D eigenvalue weighted by Gasteiger charge is -2.25. The van der Waals surface area contributed by atoms with E-state index in [0.29, 0.717) is 44.3 Å². The van der Waals surface area contributed by atoms with Gasteiger partial charge in [0, 0.05) is 22.4 Å². The molecule has 1 saturated carbocycles. The number of rotatable bonds is 6. The number of thioether (sulfide) groups is 1. The molecule has 8 heteroatoms. The number of nitrogens with one attached hydrogen (secondary N) is 2. The van der Waals surface area contributed by atoms with Crippen LogP contribution in [0.25, 0.3) is 0 Å². The maximum atomic E-state index is 12.9. The molecule has 1 aliphatic carbocycles. The summed E-state index contributed by atoms with van der Waals surface area (Å²) in [6.45, 7) is 2.08. The lowest BCUT2D eigenvalue weighted by molar-refractivity contribution is -0.139. The molecule has 0 spiro atoms. The van der Waals surface area contributed by atoms with Crippen molar-refractivity contribution in [2.75, 3.05) is 11.9 Å². The van der Waals surface area contributed by atoms with Crippen LogP contribution in [0, 0.1) is 5.92 Å². The van der Waals surface area contributed by atoms with E-state index in [1.165, 1.54) is 0 Å². The fourth-order valence-corrected chi connectivity index (χ4v) is 5.98. The Kier molecular flexibility index (Phi) is 7.40. The van der Waals surface area contributed by atoms with Gasteiger partial charge in [-0.25, -0.2) is 4.79 Å². The highest BCUT2D eigenvalue weighted by Gasteiger charge is 2.41. The van der Waals surface area contributed by atoms with Crippen molar-refractivity contribution in [3.05, 3.63) is 75.3 Å². The van der Waals surface area contributed by atoms with Crippen molar-refractivity contribution in [1.82, 2.24) is 5.32 Å². The number of anilines is 1. The second kappa shape index (κ2) is 10.4. The van der Waals surface area contributed by atoms with Gasteiger partial charge in [0.25, 0.3) is 11.8 Å². The van der Waals surface area contributed by atoms with Gasteiger partial charge in [-0.05, 0) is 56.2 Å². The number of ether oxygens (including phenoxy) is 1. The molecule has 1 fully saturated rings. The number of hydrogen-bond donors (Lipinski definition) is 2. The molecule has 2 N–H and O–H groups in total. The minimum absolute atomic E-state index is 0.125. The fraction of sp³-hybridized carbons (Fsp3) is 0.320. The Morgan fingerprint density at radius 3 is 2.45 bits per heavy atom. The highest BCUT2D eigenvalue weighted by Crippen LogP contribution is 2.48. The number of carbonyl (C=O) groups is 3. The minimum Gasteiger partial charge on any atom is -0.463 e. The maximum absolute atomic E-state index is 12.9. The summed E-state index contributed by atoms with van der Waals surface area (Å²) in [5.41, 5.74) is 1.95. The molecule has 172 valence electrons. The summed E-state index contributed by atoms with van der Waals surface area (Å²) < 4.78 is 5.28. The highest BCUT2D eigenvalue weighted by molar-refractivity contribution is 8.04. The molecule has 0 unspecified atom stereocenters. The molecule has 1 aliphatic heterocycles. The standard InChI is InChI=1S/C25H25ClN2O4S/c1-2-32-25(31)21-18-8-4-6-10-20(18)33-24(21)28-22(29)15-11-13-16(14-12-15)27-23(30)17-7-3-5-9-19(17)26/h3,5,7,9,11-14,18,20H,2,4,6,8,10H2,1H3,(H,27,30)(H,28,29)/t18-,20+/m1/s1. The number of halogens is 1. The predicted molar refractivity (Wildman–Crippen MR) is 130 cm³/mol. The topological polar surface area (TPSA) is 84.5 Å². The molecule has 33 heavy (non-hydrogen) atoms. The lowest BCUT2D eigenvalue weighted by Crippen LogP contribution is -2.26. The van der Waals surface area contributed by atoms with E-state index in [1.807, 2.05) is 0 Å². The van der Waals surface area contributed by atoms with Crippen LogP contribution in [0.5, 0.6) is 0 Å². The third-order valence-electron chi connectivity index (χ3n) is 5.83. The number of carbonyl (C=O) groups excluding carboxylic acids is 3. The number of benzene rings is 2. The molecule has 6 nitrogen and oxygen atoms in total. The van der Waals surface area contributed by atoms with Gasteiger partial charge in [-0.1, -0.05) is 36.6 Å². The van der Waals surface area contributed by atoms with Gasteiger partial charge >= 0.3 is 5.97 Å². The minimum atomic E-state index is -0.340. The summed E-state index contributed by atoms with van der Waals surface area (Å²) in [4.78, 5) is 38.0. The Balaban J connectivity index is 1.46. The average Bonchev–Trinajstić information content (AvgIpc) is 3.17. The van der Waals surface area contributed by atoms with Crippen molar-refractivity contribution < 1.29 is 19.1 Å². The van der Waals surface area contributed by atoms with Gasteiger partial charge in [-0.15, -0.1) is 11.8 Å². The zero-order valence-corrected chi connectivity index (χ0v) is 19.8. The molecule has 0 bridgehead atoms. The van der Waals surface area contributed by atoms with E-state index in [9.17, 15) is 14.4 Å². The zero-order valence-electron chi connectivity index (χ0n) is 18.2. The van der Waals surface area contributed by atoms with E-state index >= 15 is 0 Å². The molecule has 2 aromatic rings. The molecule has 2 aliphatic rings. The van der Waals surface area contributed by atoms with Crippen molar-refractivity contribution in [1.29, 1.82) is 0 Å². The summed E-state index contributed by atoms with van der Waals surface area (Å²) in [7, 11) is 0. The van der Waals surface area contributed by atoms with Gasteiger partial charge in [-0.3, -0.25) is 9.59 Å². The van der Waals surface area contributed by atoms with E-state index in [2.05, 4.69) is 10.6 Å².